The van der Waals surface area contributed by atoms with E-state index in [0.717, 1.165) is 12.8 Å². The second-order valence-electron chi connectivity index (χ2n) is 3.59. The molecule has 0 saturated carbocycles. The molecule has 5 heteroatoms. The molecule has 1 fully saturated rings. The summed E-state index contributed by atoms with van der Waals surface area (Å²) < 4.78 is 17.9. The Morgan fingerprint density at radius 2 is 2.50 bits per heavy atom. The SMILES string of the molecule is CCCc1noc([C@@H]2C[C@@H](F)CN2)n1. The zero-order valence-corrected chi connectivity index (χ0v) is 8.16. The predicted octanol–water partition coefficient (Wildman–Crippen LogP) is 1.39. The van der Waals surface area contributed by atoms with E-state index in [1.165, 1.54) is 0 Å². The topological polar surface area (TPSA) is 51.0 Å². The quantitative estimate of drug-likeness (QED) is 0.799. The highest BCUT2D eigenvalue weighted by Gasteiger charge is 2.28. The summed E-state index contributed by atoms with van der Waals surface area (Å²) in [7, 11) is 0. The summed E-state index contributed by atoms with van der Waals surface area (Å²) >= 11 is 0. The van der Waals surface area contributed by atoms with E-state index in [1.54, 1.807) is 0 Å². The first kappa shape index (κ1) is 9.58. The van der Waals surface area contributed by atoms with Crippen LogP contribution < -0.4 is 5.32 Å². The zero-order chi connectivity index (χ0) is 9.97. The van der Waals surface area contributed by atoms with Crippen LogP contribution in [0.25, 0.3) is 0 Å². The van der Waals surface area contributed by atoms with E-state index in [1.807, 2.05) is 0 Å². The van der Waals surface area contributed by atoms with Gasteiger partial charge < -0.3 is 9.84 Å². The molecule has 0 unspecified atom stereocenters. The highest BCUT2D eigenvalue weighted by Crippen LogP contribution is 2.23. The summed E-state index contributed by atoms with van der Waals surface area (Å²) in [5, 5.41) is 6.83. The average molecular weight is 199 g/mol. The number of hydrogen-bond donors (Lipinski definition) is 1. The summed E-state index contributed by atoms with van der Waals surface area (Å²) in [6, 6.07) is -0.0943. The molecule has 0 aliphatic carbocycles. The van der Waals surface area contributed by atoms with Crippen molar-refractivity contribution in [3.63, 3.8) is 0 Å². The lowest BCUT2D eigenvalue weighted by Crippen LogP contribution is -2.14. The van der Waals surface area contributed by atoms with Gasteiger partial charge in [0.15, 0.2) is 5.82 Å². The maximum atomic E-state index is 12.9. The van der Waals surface area contributed by atoms with Crippen LogP contribution in [0.1, 0.15) is 37.5 Å². The highest BCUT2D eigenvalue weighted by atomic mass is 19.1. The second kappa shape index (κ2) is 4.04. The third-order valence-corrected chi connectivity index (χ3v) is 2.33. The van der Waals surface area contributed by atoms with Crippen molar-refractivity contribution < 1.29 is 8.91 Å². The summed E-state index contributed by atoms with van der Waals surface area (Å²) in [4.78, 5) is 4.21. The van der Waals surface area contributed by atoms with Crippen molar-refractivity contribution in [2.24, 2.45) is 0 Å². The van der Waals surface area contributed by atoms with Crippen molar-refractivity contribution in [2.45, 2.75) is 38.4 Å². The van der Waals surface area contributed by atoms with Crippen LogP contribution in [0.5, 0.6) is 0 Å². The molecule has 2 heterocycles. The summed E-state index contributed by atoms with van der Waals surface area (Å²) in [6.45, 7) is 2.44. The van der Waals surface area contributed by atoms with E-state index in [2.05, 4.69) is 22.4 Å². The van der Waals surface area contributed by atoms with Gasteiger partial charge in [-0.2, -0.15) is 4.98 Å². The summed E-state index contributed by atoms with van der Waals surface area (Å²) in [5.74, 6) is 1.24. The number of nitrogens with zero attached hydrogens (tertiary/aromatic N) is 2. The molecule has 0 amide bonds. The molecule has 1 aromatic rings. The zero-order valence-electron chi connectivity index (χ0n) is 8.16. The largest absolute Gasteiger partial charge is 0.338 e. The lowest BCUT2D eigenvalue weighted by atomic mass is 10.2. The molecule has 1 aromatic heterocycles. The lowest BCUT2D eigenvalue weighted by molar-refractivity contribution is 0.322. The Morgan fingerprint density at radius 3 is 3.14 bits per heavy atom. The molecule has 4 nitrogen and oxygen atoms in total. The van der Waals surface area contributed by atoms with E-state index >= 15 is 0 Å². The molecule has 0 radical (unpaired) electrons. The second-order valence-corrected chi connectivity index (χ2v) is 3.59. The van der Waals surface area contributed by atoms with Crippen molar-refractivity contribution in [1.82, 2.24) is 15.5 Å². The number of rotatable bonds is 3. The maximum Gasteiger partial charge on any atom is 0.243 e. The van der Waals surface area contributed by atoms with Gasteiger partial charge in [0.05, 0.1) is 6.04 Å². The molecule has 2 atom stereocenters. The van der Waals surface area contributed by atoms with Gasteiger partial charge >= 0.3 is 0 Å². The van der Waals surface area contributed by atoms with Crippen LogP contribution in [0.4, 0.5) is 4.39 Å². The van der Waals surface area contributed by atoms with Crippen LogP contribution in [0.3, 0.4) is 0 Å². The van der Waals surface area contributed by atoms with Crippen molar-refractivity contribution in [1.29, 1.82) is 0 Å². The molecule has 0 aromatic carbocycles. The van der Waals surface area contributed by atoms with Crippen LogP contribution in [-0.2, 0) is 6.42 Å². The van der Waals surface area contributed by atoms with Gasteiger partial charge in [-0.05, 0) is 6.42 Å². The Balaban J connectivity index is 2.02. The fourth-order valence-electron chi connectivity index (χ4n) is 1.61. The van der Waals surface area contributed by atoms with E-state index in [9.17, 15) is 4.39 Å². The molecule has 1 aliphatic heterocycles. The fourth-order valence-corrected chi connectivity index (χ4v) is 1.61. The Kier molecular flexibility index (Phi) is 2.77. The Bertz CT molecular complexity index is 302. The van der Waals surface area contributed by atoms with E-state index in [0.29, 0.717) is 24.7 Å². The van der Waals surface area contributed by atoms with Crippen LogP contribution >= 0.6 is 0 Å². The number of nitrogens with one attached hydrogen (secondary N) is 1. The molecule has 1 saturated heterocycles. The monoisotopic (exact) mass is 199 g/mol. The van der Waals surface area contributed by atoms with E-state index in [-0.39, 0.29) is 6.04 Å². The van der Waals surface area contributed by atoms with E-state index in [4.69, 9.17) is 4.52 Å². The number of alkyl halides is 1. The molecular weight excluding hydrogens is 185 g/mol. The van der Waals surface area contributed by atoms with Crippen molar-refractivity contribution in [3.05, 3.63) is 11.7 Å². The van der Waals surface area contributed by atoms with Gasteiger partial charge in [-0.3, -0.25) is 0 Å². The van der Waals surface area contributed by atoms with Gasteiger partial charge in [-0.25, -0.2) is 4.39 Å². The van der Waals surface area contributed by atoms with Crippen molar-refractivity contribution >= 4 is 0 Å². The maximum absolute atomic E-state index is 12.9. The van der Waals surface area contributed by atoms with Gasteiger partial charge in [0, 0.05) is 19.4 Å². The highest BCUT2D eigenvalue weighted by molar-refractivity contribution is 4.97. The third-order valence-electron chi connectivity index (χ3n) is 2.33. The Morgan fingerprint density at radius 1 is 1.64 bits per heavy atom. The van der Waals surface area contributed by atoms with E-state index < -0.39 is 6.17 Å². The normalized spacial score (nSPS) is 27.0. The van der Waals surface area contributed by atoms with Crippen LogP contribution in [-0.4, -0.2) is 22.9 Å². The van der Waals surface area contributed by atoms with Crippen molar-refractivity contribution in [2.75, 3.05) is 6.54 Å². The number of aromatic nitrogens is 2. The number of aryl methyl sites for hydroxylation is 1. The van der Waals surface area contributed by atoms with Crippen molar-refractivity contribution in [3.8, 4) is 0 Å². The van der Waals surface area contributed by atoms with Gasteiger partial charge in [0.2, 0.25) is 5.89 Å². The first-order chi connectivity index (χ1) is 6.79. The summed E-state index contributed by atoms with van der Waals surface area (Å²) in [6.07, 6.45) is 1.45. The smallest absolute Gasteiger partial charge is 0.243 e. The molecule has 1 N–H and O–H groups in total. The van der Waals surface area contributed by atoms with Gasteiger partial charge in [-0.1, -0.05) is 12.1 Å². The third kappa shape index (κ3) is 1.92. The first-order valence-corrected chi connectivity index (χ1v) is 4.99. The molecule has 78 valence electrons. The summed E-state index contributed by atoms with van der Waals surface area (Å²) in [5.41, 5.74) is 0. The van der Waals surface area contributed by atoms with Crippen LogP contribution in [0, 0.1) is 0 Å². The van der Waals surface area contributed by atoms with Gasteiger partial charge in [0.1, 0.15) is 6.17 Å². The van der Waals surface area contributed by atoms with Crippen LogP contribution in [0.15, 0.2) is 4.52 Å². The first-order valence-electron chi connectivity index (χ1n) is 4.99. The van der Waals surface area contributed by atoms with Crippen LogP contribution in [0.2, 0.25) is 0 Å². The predicted molar refractivity (Wildman–Crippen MR) is 48.5 cm³/mol. The fraction of sp³-hybridized carbons (Fsp3) is 0.778. The molecule has 0 bridgehead atoms. The van der Waals surface area contributed by atoms with Gasteiger partial charge in [0.25, 0.3) is 0 Å². The standard InChI is InChI=1S/C9H14FN3O/c1-2-3-8-12-9(14-13-8)7-4-6(10)5-11-7/h6-7,11H,2-5H2,1H3/t6-,7+/m1/s1. The molecule has 0 spiro atoms. The molecular formula is C9H14FN3O. The minimum absolute atomic E-state index is 0.0943. The van der Waals surface area contributed by atoms with Gasteiger partial charge in [-0.15, -0.1) is 0 Å². The minimum atomic E-state index is -0.790. The Hall–Kier alpha value is -0.970. The average Bonchev–Trinajstić information content (AvgIpc) is 2.74. The minimum Gasteiger partial charge on any atom is -0.338 e. The Labute approximate surface area is 81.9 Å². The molecule has 14 heavy (non-hydrogen) atoms. The lowest BCUT2D eigenvalue weighted by Gasteiger charge is -2.00. The molecule has 2 rings (SSSR count). The number of hydrogen-bond acceptors (Lipinski definition) is 4. The molecule has 1 aliphatic rings. The number of halogens is 1.